The minimum Gasteiger partial charge on any atom is -0.508 e. The SMILES string of the molecule is Cc1cc(C(C(=O)NC(C)(C)C)N(C(=O)C(CCC(N)=O)NC(=O)OC(C)(C)C)C2CCC2)ccc1O. The highest BCUT2D eigenvalue weighted by molar-refractivity contribution is 5.93. The van der Waals surface area contributed by atoms with Crippen LogP contribution in [0.5, 0.6) is 5.75 Å². The number of alkyl carbamates (subject to hydrolysis) is 1. The van der Waals surface area contributed by atoms with E-state index in [9.17, 15) is 24.3 Å². The maximum Gasteiger partial charge on any atom is 0.408 e. The Morgan fingerprint density at radius 1 is 1.14 bits per heavy atom. The van der Waals surface area contributed by atoms with E-state index < -0.39 is 41.1 Å². The van der Waals surface area contributed by atoms with Crippen LogP contribution in [0.4, 0.5) is 4.79 Å². The molecule has 0 bridgehead atoms. The Labute approximate surface area is 219 Å². The van der Waals surface area contributed by atoms with Gasteiger partial charge in [-0.2, -0.15) is 0 Å². The molecular formula is C27H42N4O6. The number of nitrogens with zero attached hydrogens (tertiary/aromatic N) is 1. The van der Waals surface area contributed by atoms with Crippen molar-refractivity contribution in [3.05, 3.63) is 29.3 Å². The first-order valence-electron chi connectivity index (χ1n) is 12.7. The molecule has 0 aromatic heterocycles. The van der Waals surface area contributed by atoms with Gasteiger partial charge in [-0.15, -0.1) is 0 Å². The quantitative estimate of drug-likeness (QED) is 0.394. The Balaban J connectivity index is 2.54. The molecule has 206 valence electrons. The molecule has 4 amide bonds. The van der Waals surface area contributed by atoms with E-state index in [1.807, 2.05) is 20.8 Å². The van der Waals surface area contributed by atoms with Crippen molar-refractivity contribution in [1.29, 1.82) is 0 Å². The van der Waals surface area contributed by atoms with Gasteiger partial charge in [-0.3, -0.25) is 14.4 Å². The van der Waals surface area contributed by atoms with Gasteiger partial charge in [0.05, 0.1) is 0 Å². The highest BCUT2D eigenvalue weighted by Gasteiger charge is 2.42. The summed E-state index contributed by atoms with van der Waals surface area (Å²) < 4.78 is 5.35. The standard InChI is InChI=1S/C27H42N4O6/c1-16-15-17(11-13-20(16)32)22(23(34)30-26(2,3)4)31(18-9-8-10-18)24(35)19(12-14-21(28)33)29-25(36)37-27(5,6)7/h11,13,15,18-19,22,32H,8-10,12,14H2,1-7H3,(H2,28,33)(H,29,36)(H,30,34). The molecule has 0 aliphatic heterocycles. The van der Waals surface area contributed by atoms with Crippen LogP contribution in [0, 0.1) is 6.92 Å². The van der Waals surface area contributed by atoms with Crippen molar-refractivity contribution in [2.45, 2.75) is 110 Å². The first-order valence-corrected chi connectivity index (χ1v) is 12.7. The maximum atomic E-state index is 14.1. The maximum absolute atomic E-state index is 14.1. The fourth-order valence-electron chi connectivity index (χ4n) is 4.08. The molecule has 2 atom stereocenters. The Morgan fingerprint density at radius 3 is 2.22 bits per heavy atom. The predicted octanol–water partition coefficient (Wildman–Crippen LogP) is 3.20. The molecule has 1 aliphatic carbocycles. The van der Waals surface area contributed by atoms with E-state index in [-0.39, 0.29) is 30.5 Å². The van der Waals surface area contributed by atoms with E-state index in [1.54, 1.807) is 39.8 Å². The topological polar surface area (TPSA) is 151 Å². The van der Waals surface area contributed by atoms with Gasteiger partial charge in [-0.25, -0.2) is 4.79 Å². The lowest BCUT2D eigenvalue weighted by atomic mass is 9.87. The number of aromatic hydroxyl groups is 1. The van der Waals surface area contributed by atoms with Crippen LogP contribution in [0.2, 0.25) is 0 Å². The number of aryl methyl sites for hydroxylation is 1. The third-order valence-electron chi connectivity index (χ3n) is 5.95. The van der Waals surface area contributed by atoms with Crippen LogP contribution in [0.15, 0.2) is 18.2 Å². The summed E-state index contributed by atoms with van der Waals surface area (Å²) in [5.74, 6) is -1.43. The zero-order chi connectivity index (χ0) is 28.1. The molecule has 1 saturated carbocycles. The van der Waals surface area contributed by atoms with Crippen LogP contribution in [-0.4, -0.2) is 57.0 Å². The van der Waals surface area contributed by atoms with Crippen molar-refractivity contribution >= 4 is 23.8 Å². The van der Waals surface area contributed by atoms with E-state index in [4.69, 9.17) is 10.5 Å². The Hall–Kier alpha value is -3.30. The Bertz CT molecular complexity index is 1010. The van der Waals surface area contributed by atoms with Crippen molar-refractivity contribution in [1.82, 2.24) is 15.5 Å². The summed E-state index contributed by atoms with van der Waals surface area (Å²) in [4.78, 5) is 53.5. The summed E-state index contributed by atoms with van der Waals surface area (Å²) in [6.45, 7) is 12.4. The van der Waals surface area contributed by atoms with Gasteiger partial charge in [0, 0.05) is 18.0 Å². The van der Waals surface area contributed by atoms with Crippen molar-refractivity contribution in [2.24, 2.45) is 5.73 Å². The molecule has 2 rings (SSSR count). The third kappa shape index (κ3) is 8.94. The molecular weight excluding hydrogens is 476 g/mol. The first kappa shape index (κ1) is 29.9. The molecule has 1 aromatic carbocycles. The number of hydrogen-bond acceptors (Lipinski definition) is 6. The molecule has 2 unspecified atom stereocenters. The first-order chi connectivity index (χ1) is 17.0. The number of carbonyl (C=O) groups is 4. The normalized spacial score (nSPS) is 15.6. The number of benzene rings is 1. The van der Waals surface area contributed by atoms with Gasteiger partial charge in [0.25, 0.3) is 0 Å². The van der Waals surface area contributed by atoms with Gasteiger partial charge >= 0.3 is 6.09 Å². The van der Waals surface area contributed by atoms with Crippen LogP contribution < -0.4 is 16.4 Å². The number of carbonyl (C=O) groups excluding carboxylic acids is 4. The molecule has 1 aromatic rings. The summed E-state index contributed by atoms with van der Waals surface area (Å²) in [7, 11) is 0. The zero-order valence-corrected chi connectivity index (χ0v) is 23.0. The van der Waals surface area contributed by atoms with E-state index in [0.717, 1.165) is 6.42 Å². The lowest BCUT2D eigenvalue weighted by molar-refractivity contribution is -0.148. The molecule has 10 nitrogen and oxygen atoms in total. The van der Waals surface area contributed by atoms with Crippen molar-refractivity contribution < 1.29 is 29.0 Å². The number of amides is 4. The lowest BCUT2D eigenvalue weighted by Gasteiger charge is -2.44. The smallest absolute Gasteiger partial charge is 0.408 e. The minimum atomic E-state index is -1.13. The number of hydrogen-bond donors (Lipinski definition) is 4. The second-order valence-corrected chi connectivity index (χ2v) is 11.7. The van der Waals surface area contributed by atoms with Gasteiger partial charge in [-0.05, 0) is 97.4 Å². The number of phenolic OH excluding ortho intramolecular Hbond substituents is 1. The van der Waals surface area contributed by atoms with Crippen LogP contribution >= 0.6 is 0 Å². The van der Waals surface area contributed by atoms with Gasteiger partial charge in [0.2, 0.25) is 17.7 Å². The molecule has 0 spiro atoms. The minimum absolute atomic E-state index is 0.0428. The van der Waals surface area contributed by atoms with E-state index >= 15 is 0 Å². The average Bonchev–Trinajstić information content (AvgIpc) is 2.68. The highest BCUT2D eigenvalue weighted by atomic mass is 16.6. The van der Waals surface area contributed by atoms with E-state index in [1.165, 1.54) is 11.0 Å². The summed E-state index contributed by atoms with van der Waals surface area (Å²) in [5, 5.41) is 15.6. The molecule has 10 heteroatoms. The summed E-state index contributed by atoms with van der Waals surface area (Å²) in [6, 6.07) is 2.40. The molecule has 5 N–H and O–H groups in total. The monoisotopic (exact) mass is 518 g/mol. The van der Waals surface area contributed by atoms with Gasteiger partial charge in [0.1, 0.15) is 23.4 Å². The van der Waals surface area contributed by atoms with Crippen molar-refractivity contribution in [3.63, 3.8) is 0 Å². The summed E-state index contributed by atoms with van der Waals surface area (Å²) in [5.41, 5.74) is 5.07. The summed E-state index contributed by atoms with van der Waals surface area (Å²) >= 11 is 0. The summed E-state index contributed by atoms with van der Waals surface area (Å²) in [6.07, 6.45) is 1.29. The second-order valence-electron chi connectivity index (χ2n) is 11.7. The molecule has 1 fully saturated rings. The van der Waals surface area contributed by atoms with Crippen LogP contribution in [0.3, 0.4) is 0 Å². The molecule has 0 heterocycles. The second kappa shape index (κ2) is 11.8. The fourth-order valence-corrected chi connectivity index (χ4v) is 4.08. The largest absolute Gasteiger partial charge is 0.508 e. The number of nitrogens with two attached hydrogens (primary N) is 1. The van der Waals surface area contributed by atoms with E-state index in [0.29, 0.717) is 24.0 Å². The van der Waals surface area contributed by atoms with Crippen LogP contribution in [0.1, 0.15) is 90.8 Å². The number of nitrogens with one attached hydrogen (secondary N) is 2. The number of ether oxygens (including phenoxy) is 1. The van der Waals surface area contributed by atoms with E-state index in [2.05, 4.69) is 10.6 Å². The Morgan fingerprint density at radius 2 is 1.76 bits per heavy atom. The van der Waals surface area contributed by atoms with Gasteiger partial charge < -0.3 is 31.1 Å². The molecule has 0 radical (unpaired) electrons. The van der Waals surface area contributed by atoms with Gasteiger partial charge in [0.15, 0.2) is 0 Å². The van der Waals surface area contributed by atoms with Gasteiger partial charge in [-0.1, -0.05) is 6.07 Å². The number of phenols is 1. The highest BCUT2D eigenvalue weighted by Crippen LogP contribution is 2.35. The molecule has 1 aliphatic rings. The fraction of sp³-hybridized carbons (Fsp3) is 0.630. The lowest BCUT2D eigenvalue weighted by Crippen LogP contribution is -2.58. The van der Waals surface area contributed by atoms with Crippen LogP contribution in [0.25, 0.3) is 0 Å². The Kier molecular flexibility index (Phi) is 9.57. The van der Waals surface area contributed by atoms with Crippen molar-refractivity contribution in [2.75, 3.05) is 0 Å². The average molecular weight is 519 g/mol. The third-order valence-corrected chi connectivity index (χ3v) is 5.95. The molecule has 37 heavy (non-hydrogen) atoms. The number of primary amides is 1. The number of rotatable bonds is 9. The van der Waals surface area contributed by atoms with Crippen molar-refractivity contribution in [3.8, 4) is 5.75 Å². The zero-order valence-electron chi connectivity index (χ0n) is 23.0. The predicted molar refractivity (Wildman–Crippen MR) is 140 cm³/mol. The molecule has 0 saturated heterocycles. The van der Waals surface area contributed by atoms with Crippen LogP contribution in [-0.2, 0) is 19.1 Å².